The summed E-state index contributed by atoms with van der Waals surface area (Å²) in [6.45, 7) is -0.120. The van der Waals surface area contributed by atoms with Crippen LogP contribution in [-0.2, 0) is 6.42 Å². The summed E-state index contributed by atoms with van der Waals surface area (Å²) in [4.78, 5) is 12.6. The number of nitrogens with two attached hydrogens (primary N) is 1. The number of carbonyl (C=O) groups is 1. The monoisotopic (exact) mass is 455 g/mol. The standard InChI is InChI=1S/C18H17Cl2FN6O3/c19-12-2-3-13(21)16(20)11(12)4-9-30-14-10-15(25-26-17(14)22)24-18(29)27(7-8-28)6-1-5-23-27/h1-3,5-6,10,28H,4,7-9H2,(H2-,22,24,25,26,29)/p+1. The van der Waals surface area contributed by atoms with Gasteiger partial charge in [-0.25, -0.2) is 9.18 Å². The van der Waals surface area contributed by atoms with E-state index in [1.165, 1.54) is 30.6 Å². The summed E-state index contributed by atoms with van der Waals surface area (Å²) in [7, 11) is 0. The number of aliphatic hydroxyl groups excluding tert-OH is 1. The number of quaternary nitrogens is 1. The molecule has 9 nitrogen and oxygen atoms in total. The third kappa shape index (κ3) is 4.68. The quantitative estimate of drug-likeness (QED) is 0.435. The number of ether oxygens (including phenoxy) is 1. The highest BCUT2D eigenvalue weighted by Crippen LogP contribution is 2.28. The molecule has 0 saturated carbocycles. The van der Waals surface area contributed by atoms with E-state index in [-0.39, 0.29) is 48.6 Å². The largest absolute Gasteiger partial charge is 0.489 e. The van der Waals surface area contributed by atoms with E-state index in [4.69, 9.17) is 33.7 Å². The van der Waals surface area contributed by atoms with Gasteiger partial charge < -0.3 is 15.6 Å². The molecule has 2 heterocycles. The molecule has 0 spiro atoms. The Balaban J connectivity index is 1.69. The van der Waals surface area contributed by atoms with Crippen LogP contribution in [0.1, 0.15) is 5.56 Å². The molecule has 30 heavy (non-hydrogen) atoms. The first-order valence-corrected chi connectivity index (χ1v) is 9.54. The molecule has 158 valence electrons. The number of carbonyl (C=O) groups excluding carboxylic acids is 1. The van der Waals surface area contributed by atoms with Crippen molar-refractivity contribution in [3.8, 4) is 5.75 Å². The van der Waals surface area contributed by atoms with Crippen molar-refractivity contribution in [1.29, 1.82) is 0 Å². The van der Waals surface area contributed by atoms with E-state index in [1.807, 2.05) is 0 Å². The minimum atomic E-state index is -0.579. The number of anilines is 2. The molecule has 1 atom stereocenters. The van der Waals surface area contributed by atoms with Crippen LogP contribution in [0.4, 0.5) is 20.8 Å². The van der Waals surface area contributed by atoms with Crippen molar-refractivity contribution in [3.63, 3.8) is 0 Å². The van der Waals surface area contributed by atoms with Gasteiger partial charge in [-0.1, -0.05) is 32.9 Å². The lowest BCUT2D eigenvalue weighted by Gasteiger charge is -2.21. The van der Waals surface area contributed by atoms with E-state index in [1.54, 1.807) is 6.08 Å². The van der Waals surface area contributed by atoms with Gasteiger partial charge in [-0.2, -0.15) is 0 Å². The van der Waals surface area contributed by atoms with Gasteiger partial charge in [0.15, 0.2) is 17.4 Å². The number of aliphatic hydroxyl groups is 1. The van der Waals surface area contributed by atoms with Crippen LogP contribution in [0.15, 0.2) is 35.6 Å². The van der Waals surface area contributed by atoms with Crippen LogP contribution in [0.5, 0.6) is 5.75 Å². The molecule has 0 bridgehead atoms. The molecule has 0 fully saturated rings. The zero-order valence-electron chi connectivity index (χ0n) is 15.6. The van der Waals surface area contributed by atoms with Crippen LogP contribution < -0.4 is 15.8 Å². The highest BCUT2D eigenvalue weighted by Gasteiger charge is 2.37. The molecular formula is C18H18Cl2FN6O3+. The predicted molar refractivity (Wildman–Crippen MR) is 111 cm³/mol. The number of urea groups is 1. The third-order valence-corrected chi connectivity index (χ3v) is 5.02. The number of nitrogens with one attached hydrogen (secondary N) is 1. The molecule has 2 aromatic rings. The Morgan fingerprint density at radius 1 is 1.33 bits per heavy atom. The van der Waals surface area contributed by atoms with E-state index in [9.17, 15) is 14.3 Å². The van der Waals surface area contributed by atoms with Gasteiger partial charge in [0.2, 0.25) is 0 Å². The number of allylic oxidation sites excluding steroid dienone is 1. The van der Waals surface area contributed by atoms with Crippen LogP contribution >= 0.6 is 23.2 Å². The Morgan fingerprint density at radius 2 is 2.13 bits per heavy atom. The van der Waals surface area contributed by atoms with E-state index < -0.39 is 16.4 Å². The second-order valence-corrected chi connectivity index (χ2v) is 6.99. The number of nitrogen functional groups attached to an aromatic ring is 1. The predicted octanol–water partition coefficient (Wildman–Crippen LogP) is 2.98. The first-order valence-electron chi connectivity index (χ1n) is 8.78. The maximum Gasteiger partial charge on any atom is 0.453 e. The van der Waals surface area contributed by atoms with E-state index in [2.05, 4.69) is 20.6 Å². The fraction of sp³-hybridized carbons (Fsp3) is 0.222. The fourth-order valence-electron chi connectivity index (χ4n) is 2.71. The smallest absolute Gasteiger partial charge is 0.453 e. The first kappa shape index (κ1) is 21.9. The van der Waals surface area contributed by atoms with Crippen LogP contribution in [0, 0.1) is 5.82 Å². The van der Waals surface area contributed by atoms with Crippen molar-refractivity contribution in [2.45, 2.75) is 6.42 Å². The minimum Gasteiger partial charge on any atom is -0.489 e. The maximum atomic E-state index is 13.6. The topological polar surface area (TPSA) is 123 Å². The minimum absolute atomic E-state index is 0.00257. The van der Waals surface area contributed by atoms with E-state index in [0.717, 1.165) is 0 Å². The number of nitrogens with zero attached hydrogens (tertiary/aromatic N) is 4. The number of hydrogen-bond acceptors (Lipinski definition) is 7. The van der Waals surface area contributed by atoms with Gasteiger partial charge in [0.25, 0.3) is 0 Å². The second-order valence-electron chi connectivity index (χ2n) is 6.21. The zero-order valence-corrected chi connectivity index (χ0v) is 17.1. The maximum absolute atomic E-state index is 13.6. The molecule has 0 radical (unpaired) electrons. The molecule has 1 aliphatic heterocycles. The Bertz CT molecular complexity index is 1010. The van der Waals surface area contributed by atoms with Gasteiger partial charge in [-0.3, -0.25) is 5.32 Å². The number of aromatic nitrogens is 2. The Kier molecular flexibility index (Phi) is 6.83. The molecule has 1 aromatic carbocycles. The molecule has 2 amide bonds. The van der Waals surface area contributed by atoms with Gasteiger partial charge in [-0.05, 0) is 17.7 Å². The van der Waals surface area contributed by atoms with Crippen LogP contribution in [0.25, 0.3) is 0 Å². The van der Waals surface area contributed by atoms with Crippen molar-refractivity contribution in [2.75, 3.05) is 30.8 Å². The summed E-state index contributed by atoms with van der Waals surface area (Å²) in [6, 6.07) is 3.44. The first-order chi connectivity index (χ1) is 14.4. The summed E-state index contributed by atoms with van der Waals surface area (Å²) < 4.78 is 18.8. The van der Waals surface area contributed by atoms with Crippen LogP contribution in [0.3, 0.4) is 0 Å². The molecular weight excluding hydrogens is 438 g/mol. The Hall–Kier alpha value is -2.79. The van der Waals surface area contributed by atoms with E-state index in [0.29, 0.717) is 10.6 Å². The number of benzene rings is 1. The van der Waals surface area contributed by atoms with Gasteiger partial charge in [0.1, 0.15) is 18.6 Å². The number of hydrogen-bond donors (Lipinski definition) is 3. The third-order valence-electron chi connectivity index (χ3n) is 4.25. The molecule has 3 rings (SSSR count). The van der Waals surface area contributed by atoms with Gasteiger partial charge >= 0.3 is 6.03 Å². The molecule has 12 heteroatoms. The van der Waals surface area contributed by atoms with Crippen molar-refractivity contribution in [1.82, 2.24) is 10.2 Å². The Morgan fingerprint density at radius 3 is 2.83 bits per heavy atom. The lowest BCUT2D eigenvalue weighted by atomic mass is 10.1. The van der Waals surface area contributed by atoms with Crippen molar-refractivity contribution >= 4 is 47.1 Å². The number of halogens is 3. The molecule has 1 aromatic heterocycles. The average molecular weight is 456 g/mol. The lowest BCUT2D eigenvalue weighted by Crippen LogP contribution is -2.47. The second kappa shape index (κ2) is 9.35. The van der Waals surface area contributed by atoms with E-state index >= 15 is 0 Å². The van der Waals surface area contributed by atoms with Crippen molar-refractivity contribution in [3.05, 3.63) is 51.9 Å². The molecule has 1 aliphatic rings. The summed E-state index contributed by atoms with van der Waals surface area (Å²) in [5.74, 6) is -0.331. The molecule has 0 aliphatic carbocycles. The summed E-state index contributed by atoms with van der Waals surface area (Å²) >= 11 is 12.0. The summed E-state index contributed by atoms with van der Waals surface area (Å²) in [5.41, 5.74) is 6.19. The van der Waals surface area contributed by atoms with Gasteiger partial charge in [-0.15, -0.1) is 10.2 Å². The number of rotatable bonds is 7. The fourth-order valence-corrected chi connectivity index (χ4v) is 3.27. The Labute approximate surface area is 181 Å². The molecule has 4 N–H and O–H groups in total. The summed E-state index contributed by atoms with van der Waals surface area (Å²) in [5, 5.41) is 23.7. The van der Waals surface area contributed by atoms with Gasteiger partial charge in [0, 0.05) is 23.6 Å². The van der Waals surface area contributed by atoms with Crippen molar-refractivity contribution < 1.29 is 23.6 Å². The molecule has 1 unspecified atom stereocenters. The lowest BCUT2D eigenvalue weighted by molar-refractivity contribution is -0.800. The normalized spacial score (nSPS) is 17.3. The average Bonchev–Trinajstić information content (AvgIpc) is 3.20. The SMILES string of the molecule is Nc1nnc(NC(=O)[N+]2(CCO)C=CC=N2)cc1OCCc1c(Cl)ccc(F)c1Cl. The van der Waals surface area contributed by atoms with Crippen LogP contribution in [-0.4, -0.2) is 51.9 Å². The van der Waals surface area contributed by atoms with Gasteiger partial charge in [0.05, 0.1) is 24.5 Å². The summed E-state index contributed by atoms with van der Waals surface area (Å²) in [6.07, 6.45) is 4.80. The zero-order chi connectivity index (χ0) is 21.7. The highest BCUT2D eigenvalue weighted by molar-refractivity contribution is 6.36. The van der Waals surface area contributed by atoms with Crippen molar-refractivity contribution in [2.24, 2.45) is 5.10 Å². The molecule has 0 saturated heterocycles. The van der Waals surface area contributed by atoms with Crippen LogP contribution in [0.2, 0.25) is 10.0 Å². The number of amides is 2. The highest BCUT2D eigenvalue weighted by atomic mass is 35.5.